The third-order valence-electron chi connectivity index (χ3n) is 2.62. The van der Waals surface area contributed by atoms with Crippen LogP contribution in [0.3, 0.4) is 0 Å². The molecule has 0 fully saturated rings. The fourth-order valence-electron chi connectivity index (χ4n) is 1.65. The van der Waals surface area contributed by atoms with Crippen LogP contribution >= 0.6 is 11.3 Å². The number of nitrogens with one attached hydrogen (secondary N) is 1. The molecule has 2 rings (SSSR count). The summed E-state index contributed by atoms with van der Waals surface area (Å²) in [5.74, 6) is 3.69. The van der Waals surface area contributed by atoms with Crippen molar-refractivity contribution in [2.24, 2.45) is 0 Å². The molecular weight excluding hydrogens is 258 g/mol. The average Bonchev–Trinajstić information content (AvgIpc) is 2.82. The Kier molecular flexibility index (Phi) is 4.23. The van der Waals surface area contributed by atoms with E-state index in [-0.39, 0.29) is 6.10 Å². The van der Waals surface area contributed by atoms with Crippen LogP contribution in [-0.4, -0.2) is 22.6 Å². The van der Waals surface area contributed by atoms with E-state index in [1.54, 1.807) is 11.3 Å². The second-order valence-corrected chi connectivity index (χ2v) is 5.21. The van der Waals surface area contributed by atoms with Gasteiger partial charge >= 0.3 is 0 Å². The second kappa shape index (κ2) is 5.89. The highest BCUT2D eigenvalue weighted by atomic mass is 32.1. The van der Waals surface area contributed by atoms with E-state index in [1.165, 1.54) is 4.88 Å². The molecule has 0 spiro atoms. The first kappa shape index (κ1) is 13.6. The summed E-state index contributed by atoms with van der Waals surface area (Å²) in [7, 11) is 0. The number of aryl methyl sites for hydroxylation is 1. The van der Waals surface area contributed by atoms with Crippen molar-refractivity contribution in [3.8, 4) is 18.2 Å². The third-order valence-corrected chi connectivity index (χ3v) is 3.79. The largest absolute Gasteiger partial charge is 0.461 e. The molecule has 19 heavy (non-hydrogen) atoms. The van der Waals surface area contributed by atoms with Gasteiger partial charge in [0.1, 0.15) is 4.83 Å². The summed E-state index contributed by atoms with van der Waals surface area (Å²) in [5, 5.41) is 4.05. The molecule has 0 radical (unpaired) electrons. The van der Waals surface area contributed by atoms with Crippen molar-refractivity contribution in [3.63, 3.8) is 0 Å². The predicted octanol–water partition coefficient (Wildman–Crippen LogP) is 3.09. The zero-order chi connectivity index (χ0) is 13.8. The smallest absolute Gasteiger partial charge is 0.228 e. The number of nitrogens with zero attached hydrogens (tertiary/aromatic N) is 2. The minimum atomic E-state index is -0.308. The van der Waals surface area contributed by atoms with E-state index in [1.807, 2.05) is 13.8 Å². The number of anilines is 1. The SMILES string of the molecule is C#CC(C)Oc1nc(NCC)nc2sc(CC)cc12. The topological polar surface area (TPSA) is 47.0 Å². The molecule has 0 aliphatic rings. The van der Waals surface area contributed by atoms with Crippen molar-refractivity contribution in [3.05, 3.63) is 10.9 Å². The molecule has 0 amide bonds. The highest BCUT2D eigenvalue weighted by Crippen LogP contribution is 2.32. The second-order valence-electron chi connectivity index (χ2n) is 4.09. The summed E-state index contributed by atoms with van der Waals surface area (Å²) in [4.78, 5) is 11.1. The van der Waals surface area contributed by atoms with Crippen molar-refractivity contribution >= 4 is 27.5 Å². The first-order chi connectivity index (χ1) is 9.17. The fraction of sp³-hybridized carbons (Fsp3) is 0.429. The molecule has 0 aromatic carbocycles. The van der Waals surface area contributed by atoms with Gasteiger partial charge in [-0.3, -0.25) is 0 Å². The molecule has 1 atom stereocenters. The first-order valence-electron chi connectivity index (χ1n) is 6.35. The first-order valence-corrected chi connectivity index (χ1v) is 7.16. The summed E-state index contributed by atoms with van der Waals surface area (Å²) < 4.78 is 5.70. The Bertz CT molecular complexity index is 615. The maximum Gasteiger partial charge on any atom is 0.228 e. The van der Waals surface area contributed by atoms with E-state index < -0.39 is 0 Å². The lowest BCUT2D eigenvalue weighted by Crippen LogP contribution is -2.11. The highest BCUT2D eigenvalue weighted by molar-refractivity contribution is 7.18. The van der Waals surface area contributed by atoms with Gasteiger partial charge in [0.2, 0.25) is 11.8 Å². The van der Waals surface area contributed by atoms with Crippen LogP contribution in [0.2, 0.25) is 0 Å². The van der Waals surface area contributed by atoms with E-state index in [9.17, 15) is 0 Å². The molecule has 4 nitrogen and oxygen atoms in total. The van der Waals surface area contributed by atoms with Crippen LogP contribution in [0, 0.1) is 12.3 Å². The monoisotopic (exact) mass is 275 g/mol. The molecule has 1 unspecified atom stereocenters. The van der Waals surface area contributed by atoms with Gasteiger partial charge in [-0.2, -0.15) is 4.98 Å². The molecule has 0 saturated carbocycles. The van der Waals surface area contributed by atoms with Crippen molar-refractivity contribution in [2.45, 2.75) is 33.3 Å². The Morgan fingerprint density at radius 2 is 2.26 bits per heavy atom. The van der Waals surface area contributed by atoms with E-state index in [0.717, 1.165) is 23.2 Å². The lowest BCUT2D eigenvalue weighted by Gasteiger charge is -2.10. The Morgan fingerprint density at radius 3 is 2.89 bits per heavy atom. The van der Waals surface area contributed by atoms with Gasteiger partial charge in [-0.1, -0.05) is 12.8 Å². The van der Waals surface area contributed by atoms with Crippen molar-refractivity contribution in [1.29, 1.82) is 0 Å². The number of terminal acetylenes is 1. The number of aromatic nitrogens is 2. The van der Waals surface area contributed by atoms with Gasteiger partial charge in [0, 0.05) is 11.4 Å². The van der Waals surface area contributed by atoms with Crippen molar-refractivity contribution in [1.82, 2.24) is 9.97 Å². The number of rotatable bonds is 5. The Balaban J connectivity index is 2.50. The van der Waals surface area contributed by atoms with E-state index in [4.69, 9.17) is 11.2 Å². The van der Waals surface area contributed by atoms with Gasteiger partial charge in [0.25, 0.3) is 0 Å². The molecule has 0 bridgehead atoms. The zero-order valence-electron chi connectivity index (χ0n) is 11.4. The summed E-state index contributed by atoms with van der Waals surface area (Å²) in [6, 6.07) is 2.08. The maximum absolute atomic E-state index is 5.70. The summed E-state index contributed by atoms with van der Waals surface area (Å²) in [6.45, 7) is 6.72. The molecule has 100 valence electrons. The fourth-order valence-corrected chi connectivity index (χ4v) is 2.61. The van der Waals surface area contributed by atoms with Crippen LogP contribution < -0.4 is 10.1 Å². The van der Waals surface area contributed by atoms with Crippen LogP contribution in [0.4, 0.5) is 5.95 Å². The van der Waals surface area contributed by atoms with Gasteiger partial charge in [0.05, 0.1) is 5.39 Å². The number of fused-ring (bicyclic) bond motifs is 1. The molecule has 0 aliphatic carbocycles. The molecule has 1 N–H and O–H groups in total. The molecule has 5 heteroatoms. The van der Waals surface area contributed by atoms with Crippen LogP contribution in [0.5, 0.6) is 5.88 Å². The molecule has 0 saturated heterocycles. The quantitative estimate of drug-likeness (QED) is 0.852. The van der Waals surface area contributed by atoms with Crippen molar-refractivity contribution < 1.29 is 4.74 Å². The number of thiophene rings is 1. The van der Waals surface area contributed by atoms with E-state index in [2.05, 4.69) is 34.2 Å². The van der Waals surface area contributed by atoms with Gasteiger partial charge < -0.3 is 10.1 Å². The number of hydrogen-bond donors (Lipinski definition) is 1. The Morgan fingerprint density at radius 1 is 1.47 bits per heavy atom. The number of hydrogen-bond acceptors (Lipinski definition) is 5. The molecule has 2 aromatic heterocycles. The lowest BCUT2D eigenvalue weighted by atomic mass is 10.3. The molecule has 2 aromatic rings. The minimum Gasteiger partial charge on any atom is -0.461 e. The van der Waals surface area contributed by atoms with Gasteiger partial charge in [-0.25, -0.2) is 4.98 Å². The van der Waals surface area contributed by atoms with Crippen LogP contribution in [0.25, 0.3) is 10.2 Å². The van der Waals surface area contributed by atoms with Crippen LogP contribution in [0.1, 0.15) is 25.6 Å². The van der Waals surface area contributed by atoms with E-state index >= 15 is 0 Å². The zero-order valence-corrected chi connectivity index (χ0v) is 12.2. The summed E-state index contributed by atoms with van der Waals surface area (Å²) >= 11 is 1.66. The Labute approximate surface area is 117 Å². The Hall–Kier alpha value is -1.80. The standard InChI is InChI=1S/C14H17N3OS/c1-5-9(4)18-12-11-8-10(6-2)19-13(11)17-14(16-12)15-7-3/h1,8-9H,6-7H2,2-4H3,(H,15,16,17). The lowest BCUT2D eigenvalue weighted by molar-refractivity contribution is 0.272. The average molecular weight is 275 g/mol. The van der Waals surface area contributed by atoms with Gasteiger partial charge in [-0.05, 0) is 26.3 Å². The van der Waals surface area contributed by atoms with Crippen LogP contribution in [-0.2, 0) is 6.42 Å². The summed E-state index contributed by atoms with van der Waals surface area (Å²) in [5.41, 5.74) is 0. The molecular formula is C14H17N3OS. The summed E-state index contributed by atoms with van der Waals surface area (Å²) in [6.07, 6.45) is 6.03. The maximum atomic E-state index is 5.70. The van der Waals surface area contributed by atoms with Gasteiger partial charge in [-0.15, -0.1) is 17.8 Å². The van der Waals surface area contributed by atoms with Crippen LogP contribution in [0.15, 0.2) is 6.07 Å². The highest BCUT2D eigenvalue weighted by Gasteiger charge is 2.13. The molecule has 2 heterocycles. The molecule has 0 aliphatic heterocycles. The van der Waals surface area contributed by atoms with E-state index in [0.29, 0.717) is 11.8 Å². The van der Waals surface area contributed by atoms with Gasteiger partial charge in [0.15, 0.2) is 6.10 Å². The normalized spacial score (nSPS) is 12.1. The predicted molar refractivity (Wildman–Crippen MR) is 79.9 cm³/mol. The number of ether oxygens (including phenoxy) is 1. The third kappa shape index (κ3) is 2.96. The van der Waals surface area contributed by atoms with Crippen molar-refractivity contribution in [2.75, 3.05) is 11.9 Å². The minimum absolute atomic E-state index is 0.308.